The number of nitrogens with one attached hydrogen (secondary N) is 1. The highest BCUT2D eigenvalue weighted by Gasteiger charge is 2.14. The first-order valence-electron chi connectivity index (χ1n) is 6.45. The van der Waals surface area contributed by atoms with Crippen molar-refractivity contribution < 1.29 is 9.90 Å². The Labute approximate surface area is 119 Å². The van der Waals surface area contributed by atoms with Gasteiger partial charge < -0.3 is 10.4 Å². The highest BCUT2D eigenvalue weighted by Crippen LogP contribution is 2.21. The number of amides is 1. The maximum absolute atomic E-state index is 12.1. The zero-order chi connectivity index (χ0) is 14.4. The van der Waals surface area contributed by atoms with E-state index in [1.54, 1.807) is 0 Å². The van der Waals surface area contributed by atoms with E-state index in [-0.39, 0.29) is 18.6 Å². The van der Waals surface area contributed by atoms with E-state index < -0.39 is 0 Å². The molecule has 4 heteroatoms. The molecule has 0 bridgehead atoms. The Morgan fingerprint density at radius 3 is 2.74 bits per heavy atom. The van der Waals surface area contributed by atoms with Crippen LogP contribution in [0.1, 0.15) is 47.3 Å². The molecule has 0 radical (unpaired) electrons. The lowest BCUT2D eigenvalue weighted by atomic mass is 10.1. The minimum absolute atomic E-state index is 0.0432. The zero-order valence-corrected chi connectivity index (χ0v) is 12.7. The van der Waals surface area contributed by atoms with E-state index in [2.05, 4.69) is 31.0 Å². The standard InChI is InChI=1S/C15H21NO2S/c1-10(2)8-12(4)16-15(18)14-9-11(3)13(19-14)6-5-7-17/h9-10,12,17H,7-8H2,1-4H3,(H,16,18). The number of carbonyl (C=O) groups excluding carboxylic acids is 1. The van der Waals surface area contributed by atoms with Crippen molar-refractivity contribution in [2.75, 3.05) is 6.61 Å². The monoisotopic (exact) mass is 279 g/mol. The Hall–Kier alpha value is -1.31. The number of thiophene rings is 1. The second-order valence-electron chi connectivity index (χ2n) is 5.09. The molecule has 0 aliphatic heterocycles. The molecule has 2 N–H and O–H groups in total. The Kier molecular flexibility index (Phi) is 6.07. The number of hydrogen-bond acceptors (Lipinski definition) is 3. The van der Waals surface area contributed by atoms with Crippen molar-refractivity contribution in [3.8, 4) is 11.8 Å². The van der Waals surface area contributed by atoms with Crippen molar-refractivity contribution in [3.05, 3.63) is 21.4 Å². The Morgan fingerprint density at radius 1 is 1.47 bits per heavy atom. The van der Waals surface area contributed by atoms with Gasteiger partial charge in [-0.15, -0.1) is 11.3 Å². The van der Waals surface area contributed by atoms with Crippen LogP contribution in [-0.4, -0.2) is 23.7 Å². The van der Waals surface area contributed by atoms with Gasteiger partial charge in [-0.25, -0.2) is 0 Å². The zero-order valence-electron chi connectivity index (χ0n) is 11.9. The topological polar surface area (TPSA) is 49.3 Å². The van der Waals surface area contributed by atoms with Crippen LogP contribution >= 0.6 is 11.3 Å². The SMILES string of the molecule is Cc1cc(C(=O)NC(C)CC(C)C)sc1C#CCO. The molecule has 0 saturated heterocycles. The summed E-state index contributed by atoms with van der Waals surface area (Å²) in [4.78, 5) is 13.6. The summed E-state index contributed by atoms with van der Waals surface area (Å²) in [6, 6.07) is 2.02. The maximum Gasteiger partial charge on any atom is 0.261 e. The van der Waals surface area contributed by atoms with Crippen molar-refractivity contribution >= 4 is 17.2 Å². The van der Waals surface area contributed by atoms with E-state index >= 15 is 0 Å². The van der Waals surface area contributed by atoms with Gasteiger partial charge in [0.2, 0.25) is 0 Å². The molecular weight excluding hydrogens is 258 g/mol. The van der Waals surface area contributed by atoms with Gasteiger partial charge in [0, 0.05) is 6.04 Å². The molecule has 1 rings (SSSR count). The quantitative estimate of drug-likeness (QED) is 0.832. The van der Waals surface area contributed by atoms with Crippen molar-refractivity contribution in [2.45, 2.75) is 40.2 Å². The molecule has 1 amide bonds. The lowest BCUT2D eigenvalue weighted by Gasteiger charge is -2.15. The van der Waals surface area contributed by atoms with Crippen LogP contribution in [0.15, 0.2) is 6.07 Å². The van der Waals surface area contributed by atoms with Gasteiger partial charge >= 0.3 is 0 Å². The summed E-state index contributed by atoms with van der Waals surface area (Å²) < 4.78 is 0. The normalized spacial score (nSPS) is 11.9. The molecule has 0 aromatic carbocycles. The minimum atomic E-state index is -0.162. The van der Waals surface area contributed by atoms with Gasteiger partial charge in [-0.1, -0.05) is 25.7 Å². The number of rotatable bonds is 4. The molecule has 0 spiro atoms. The summed E-state index contributed by atoms with van der Waals surface area (Å²) in [5.74, 6) is 5.99. The number of carbonyl (C=O) groups is 1. The molecule has 1 aromatic rings. The Morgan fingerprint density at radius 2 is 2.16 bits per heavy atom. The molecule has 3 nitrogen and oxygen atoms in total. The first kappa shape index (κ1) is 15.7. The first-order chi connectivity index (χ1) is 8.93. The van der Waals surface area contributed by atoms with Gasteiger partial charge in [-0.05, 0) is 37.8 Å². The molecule has 0 fully saturated rings. The summed E-state index contributed by atoms with van der Waals surface area (Å²) in [7, 11) is 0. The predicted molar refractivity (Wildman–Crippen MR) is 79.4 cm³/mol. The van der Waals surface area contributed by atoms with E-state index in [0.29, 0.717) is 10.8 Å². The maximum atomic E-state index is 12.1. The van der Waals surface area contributed by atoms with Crippen LogP contribution in [0.4, 0.5) is 0 Å². The fraction of sp³-hybridized carbons (Fsp3) is 0.533. The lowest BCUT2D eigenvalue weighted by molar-refractivity contribution is 0.0940. The summed E-state index contributed by atoms with van der Waals surface area (Å²) in [5, 5.41) is 11.7. The smallest absolute Gasteiger partial charge is 0.261 e. The van der Waals surface area contributed by atoms with E-state index in [1.807, 2.05) is 19.9 Å². The second-order valence-corrected chi connectivity index (χ2v) is 6.14. The van der Waals surface area contributed by atoms with Gasteiger partial charge in [-0.2, -0.15) is 0 Å². The molecule has 1 aromatic heterocycles. The molecule has 1 unspecified atom stereocenters. The van der Waals surface area contributed by atoms with Gasteiger partial charge in [0.05, 0.1) is 9.75 Å². The summed E-state index contributed by atoms with van der Waals surface area (Å²) in [6.07, 6.45) is 0.966. The largest absolute Gasteiger partial charge is 0.384 e. The first-order valence-corrected chi connectivity index (χ1v) is 7.26. The molecular formula is C15H21NO2S. The van der Waals surface area contributed by atoms with Gasteiger partial charge in [-0.3, -0.25) is 4.79 Å². The van der Waals surface area contributed by atoms with E-state index in [1.165, 1.54) is 11.3 Å². The van der Waals surface area contributed by atoms with Crippen LogP contribution in [0.2, 0.25) is 0 Å². The third kappa shape index (κ3) is 5.06. The third-order valence-corrected chi connectivity index (χ3v) is 3.78. The Balaban J connectivity index is 2.72. The molecule has 1 atom stereocenters. The van der Waals surface area contributed by atoms with Crippen LogP contribution in [0.3, 0.4) is 0 Å². The third-order valence-electron chi connectivity index (χ3n) is 2.62. The second kappa shape index (κ2) is 7.32. The number of hydrogen-bond donors (Lipinski definition) is 2. The minimum Gasteiger partial charge on any atom is -0.384 e. The summed E-state index contributed by atoms with van der Waals surface area (Å²) in [6.45, 7) is 8.06. The van der Waals surface area contributed by atoms with Crippen LogP contribution in [0.5, 0.6) is 0 Å². The van der Waals surface area contributed by atoms with E-state index in [4.69, 9.17) is 5.11 Å². The van der Waals surface area contributed by atoms with E-state index in [9.17, 15) is 4.79 Å². The van der Waals surface area contributed by atoms with Crippen LogP contribution in [0.25, 0.3) is 0 Å². The van der Waals surface area contributed by atoms with Crippen LogP contribution in [-0.2, 0) is 0 Å². The van der Waals surface area contributed by atoms with Crippen molar-refractivity contribution in [2.24, 2.45) is 5.92 Å². The van der Waals surface area contributed by atoms with Crippen molar-refractivity contribution in [3.63, 3.8) is 0 Å². The molecule has 19 heavy (non-hydrogen) atoms. The summed E-state index contributed by atoms with van der Waals surface area (Å²) >= 11 is 1.37. The van der Waals surface area contributed by atoms with Crippen molar-refractivity contribution in [1.29, 1.82) is 0 Å². The fourth-order valence-electron chi connectivity index (χ4n) is 1.90. The lowest BCUT2D eigenvalue weighted by Crippen LogP contribution is -2.32. The van der Waals surface area contributed by atoms with Crippen LogP contribution in [0, 0.1) is 24.7 Å². The van der Waals surface area contributed by atoms with E-state index in [0.717, 1.165) is 16.9 Å². The summed E-state index contributed by atoms with van der Waals surface area (Å²) in [5.41, 5.74) is 0.979. The van der Waals surface area contributed by atoms with Crippen LogP contribution < -0.4 is 5.32 Å². The molecule has 0 saturated carbocycles. The average Bonchev–Trinajstić information content (AvgIpc) is 2.67. The van der Waals surface area contributed by atoms with Crippen molar-refractivity contribution in [1.82, 2.24) is 5.32 Å². The highest BCUT2D eigenvalue weighted by atomic mass is 32.1. The predicted octanol–water partition coefficient (Wildman–Crippen LogP) is 2.56. The Bertz CT molecular complexity index is 494. The molecule has 0 aliphatic carbocycles. The number of aryl methyl sites for hydroxylation is 1. The van der Waals surface area contributed by atoms with Gasteiger partial charge in [0.1, 0.15) is 6.61 Å². The molecule has 104 valence electrons. The molecule has 1 heterocycles. The fourth-order valence-corrected chi connectivity index (χ4v) is 2.85. The number of aliphatic hydroxyl groups is 1. The molecule has 0 aliphatic rings. The van der Waals surface area contributed by atoms with Gasteiger partial charge in [0.15, 0.2) is 0 Å². The number of aliphatic hydroxyl groups excluding tert-OH is 1. The highest BCUT2D eigenvalue weighted by molar-refractivity contribution is 7.14. The average molecular weight is 279 g/mol. The van der Waals surface area contributed by atoms with Gasteiger partial charge in [0.25, 0.3) is 5.91 Å².